The maximum Gasteiger partial charge on any atom is 0.255 e. The lowest BCUT2D eigenvalue weighted by molar-refractivity contribution is 0.0951. The summed E-state index contributed by atoms with van der Waals surface area (Å²) in [6.07, 6.45) is 0. The Morgan fingerprint density at radius 3 is 2.38 bits per heavy atom. The number of benzene rings is 3. The zero-order valence-corrected chi connectivity index (χ0v) is 15.9. The van der Waals surface area contributed by atoms with E-state index in [0.717, 1.165) is 11.1 Å². The van der Waals surface area contributed by atoms with Gasteiger partial charge in [0.15, 0.2) is 11.5 Å². The number of nitrogens with one attached hydrogen (secondary N) is 2. The smallest absolute Gasteiger partial charge is 0.255 e. The van der Waals surface area contributed by atoms with Gasteiger partial charge in [-0.1, -0.05) is 29.8 Å². The van der Waals surface area contributed by atoms with Gasteiger partial charge in [-0.2, -0.15) is 0 Å². The second-order valence-corrected chi connectivity index (χ2v) is 6.77. The summed E-state index contributed by atoms with van der Waals surface area (Å²) in [5.74, 6) is 0.853. The number of fused-ring (bicyclic) bond motifs is 1. The maximum atomic E-state index is 12.5. The Bertz CT molecular complexity index is 1060. The van der Waals surface area contributed by atoms with Crippen molar-refractivity contribution < 1.29 is 19.1 Å². The Labute approximate surface area is 168 Å². The van der Waals surface area contributed by atoms with Crippen LogP contribution in [0.25, 0.3) is 0 Å². The van der Waals surface area contributed by atoms with Crippen molar-refractivity contribution in [3.63, 3.8) is 0 Å². The fourth-order valence-electron chi connectivity index (χ4n) is 2.98. The first-order chi connectivity index (χ1) is 14.1. The first-order valence-electron chi connectivity index (χ1n) is 9.23. The fourth-order valence-corrected chi connectivity index (χ4v) is 2.98. The third-order valence-corrected chi connectivity index (χ3v) is 4.59. The SMILES string of the molecule is Cc1ccc(NC(=O)c2cccc(C(=O)NCc3ccc4c(c3)OCO4)c2)cc1. The van der Waals surface area contributed by atoms with Gasteiger partial charge in [0.2, 0.25) is 6.79 Å². The average Bonchev–Trinajstić information content (AvgIpc) is 3.21. The molecule has 1 heterocycles. The van der Waals surface area contributed by atoms with Gasteiger partial charge in [-0.3, -0.25) is 9.59 Å². The molecule has 0 spiro atoms. The molecule has 146 valence electrons. The summed E-state index contributed by atoms with van der Waals surface area (Å²) in [6, 6.07) is 19.7. The molecular formula is C23H20N2O4. The van der Waals surface area contributed by atoms with Gasteiger partial charge in [0.1, 0.15) is 0 Å². The van der Waals surface area contributed by atoms with Crippen molar-refractivity contribution in [3.8, 4) is 11.5 Å². The first kappa shape index (κ1) is 18.6. The van der Waals surface area contributed by atoms with Gasteiger partial charge in [0.05, 0.1) is 0 Å². The van der Waals surface area contributed by atoms with Gasteiger partial charge in [-0.15, -0.1) is 0 Å². The number of aryl methyl sites for hydroxylation is 1. The van der Waals surface area contributed by atoms with E-state index in [1.807, 2.05) is 49.4 Å². The van der Waals surface area contributed by atoms with Gasteiger partial charge >= 0.3 is 0 Å². The molecule has 0 saturated heterocycles. The molecule has 6 nitrogen and oxygen atoms in total. The van der Waals surface area contributed by atoms with Crippen LogP contribution in [0.3, 0.4) is 0 Å². The minimum absolute atomic E-state index is 0.211. The van der Waals surface area contributed by atoms with Gasteiger partial charge in [-0.25, -0.2) is 0 Å². The van der Waals surface area contributed by atoms with Crippen LogP contribution in [-0.4, -0.2) is 18.6 Å². The lowest BCUT2D eigenvalue weighted by Crippen LogP contribution is -2.23. The predicted molar refractivity (Wildman–Crippen MR) is 109 cm³/mol. The fraction of sp³-hybridized carbons (Fsp3) is 0.130. The molecule has 0 fully saturated rings. The monoisotopic (exact) mass is 388 g/mol. The van der Waals surface area contributed by atoms with Crippen molar-refractivity contribution in [3.05, 3.63) is 89.0 Å². The lowest BCUT2D eigenvalue weighted by atomic mass is 10.1. The average molecular weight is 388 g/mol. The largest absolute Gasteiger partial charge is 0.454 e. The van der Waals surface area contributed by atoms with E-state index in [1.165, 1.54) is 0 Å². The molecule has 4 rings (SSSR count). The Kier molecular flexibility index (Phi) is 5.16. The Morgan fingerprint density at radius 2 is 1.59 bits per heavy atom. The molecule has 3 aromatic rings. The number of carbonyl (C=O) groups is 2. The van der Waals surface area contributed by atoms with E-state index in [1.54, 1.807) is 24.3 Å². The summed E-state index contributed by atoms with van der Waals surface area (Å²) in [5, 5.41) is 5.70. The molecular weight excluding hydrogens is 368 g/mol. The van der Waals surface area contributed by atoms with E-state index in [-0.39, 0.29) is 18.6 Å². The van der Waals surface area contributed by atoms with E-state index in [2.05, 4.69) is 10.6 Å². The lowest BCUT2D eigenvalue weighted by Gasteiger charge is -2.09. The number of amides is 2. The molecule has 2 amide bonds. The van der Waals surface area contributed by atoms with E-state index < -0.39 is 0 Å². The van der Waals surface area contributed by atoms with E-state index in [0.29, 0.717) is 34.9 Å². The summed E-state index contributed by atoms with van der Waals surface area (Å²) in [7, 11) is 0. The molecule has 29 heavy (non-hydrogen) atoms. The summed E-state index contributed by atoms with van der Waals surface area (Å²) < 4.78 is 10.6. The minimum atomic E-state index is -0.265. The molecule has 2 N–H and O–H groups in total. The Balaban J connectivity index is 1.40. The third kappa shape index (κ3) is 4.38. The normalized spacial score (nSPS) is 11.8. The van der Waals surface area contributed by atoms with Crippen LogP contribution in [0.2, 0.25) is 0 Å². The van der Waals surface area contributed by atoms with Crippen LogP contribution in [0, 0.1) is 6.92 Å². The molecule has 0 saturated carbocycles. The van der Waals surface area contributed by atoms with Crippen LogP contribution in [0.1, 0.15) is 31.8 Å². The van der Waals surface area contributed by atoms with Crippen molar-refractivity contribution in [2.24, 2.45) is 0 Å². The number of rotatable bonds is 5. The van der Waals surface area contributed by atoms with E-state index in [4.69, 9.17) is 9.47 Å². The Hall–Kier alpha value is -3.80. The second kappa shape index (κ2) is 8.06. The first-order valence-corrected chi connectivity index (χ1v) is 9.23. The number of ether oxygens (including phenoxy) is 2. The highest BCUT2D eigenvalue weighted by molar-refractivity contribution is 6.06. The maximum absolute atomic E-state index is 12.5. The van der Waals surface area contributed by atoms with Crippen molar-refractivity contribution in [2.45, 2.75) is 13.5 Å². The number of carbonyl (C=O) groups excluding carboxylic acids is 2. The minimum Gasteiger partial charge on any atom is -0.454 e. The van der Waals surface area contributed by atoms with Crippen molar-refractivity contribution in [1.29, 1.82) is 0 Å². The van der Waals surface area contributed by atoms with Crippen molar-refractivity contribution in [1.82, 2.24) is 5.32 Å². The topological polar surface area (TPSA) is 76.7 Å². The van der Waals surface area contributed by atoms with Crippen LogP contribution < -0.4 is 20.1 Å². The third-order valence-electron chi connectivity index (χ3n) is 4.59. The molecule has 1 aliphatic heterocycles. The van der Waals surface area contributed by atoms with Crippen LogP contribution in [-0.2, 0) is 6.54 Å². The zero-order valence-electron chi connectivity index (χ0n) is 15.9. The molecule has 6 heteroatoms. The molecule has 0 atom stereocenters. The van der Waals surface area contributed by atoms with Gasteiger partial charge in [0.25, 0.3) is 11.8 Å². The molecule has 0 aliphatic carbocycles. The van der Waals surface area contributed by atoms with Gasteiger partial charge < -0.3 is 20.1 Å². The van der Waals surface area contributed by atoms with Gasteiger partial charge in [-0.05, 0) is 55.0 Å². The number of hydrogen-bond acceptors (Lipinski definition) is 4. The van der Waals surface area contributed by atoms with Crippen molar-refractivity contribution >= 4 is 17.5 Å². The molecule has 0 radical (unpaired) electrons. The van der Waals surface area contributed by atoms with Gasteiger partial charge in [0, 0.05) is 23.4 Å². The highest BCUT2D eigenvalue weighted by Crippen LogP contribution is 2.32. The van der Waals surface area contributed by atoms with Crippen LogP contribution in [0.15, 0.2) is 66.7 Å². The molecule has 0 unspecified atom stereocenters. The summed E-state index contributed by atoms with van der Waals surface area (Å²) in [4.78, 5) is 25.0. The molecule has 3 aromatic carbocycles. The second-order valence-electron chi connectivity index (χ2n) is 6.77. The summed E-state index contributed by atoms with van der Waals surface area (Å²) >= 11 is 0. The Morgan fingerprint density at radius 1 is 0.862 bits per heavy atom. The predicted octanol–water partition coefficient (Wildman–Crippen LogP) is 3.91. The van der Waals surface area contributed by atoms with Crippen LogP contribution in [0.5, 0.6) is 11.5 Å². The molecule has 1 aliphatic rings. The quantitative estimate of drug-likeness (QED) is 0.695. The molecule has 0 aromatic heterocycles. The van der Waals surface area contributed by atoms with E-state index in [9.17, 15) is 9.59 Å². The van der Waals surface area contributed by atoms with E-state index >= 15 is 0 Å². The standard InChI is InChI=1S/C23H20N2O4/c1-15-5-8-19(9-6-15)25-23(27)18-4-2-3-17(12-18)22(26)24-13-16-7-10-20-21(11-16)29-14-28-20/h2-12H,13-14H2,1H3,(H,24,26)(H,25,27). The highest BCUT2D eigenvalue weighted by atomic mass is 16.7. The zero-order chi connectivity index (χ0) is 20.2. The summed E-state index contributed by atoms with van der Waals surface area (Å²) in [6.45, 7) is 2.54. The van der Waals surface area contributed by atoms with Crippen molar-refractivity contribution in [2.75, 3.05) is 12.1 Å². The number of anilines is 1. The number of hydrogen-bond donors (Lipinski definition) is 2. The van der Waals surface area contributed by atoms with Crippen LogP contribution in [0.4, 0.5) is 5.69 Å². The summed E-state index contributed by atoms with van der Waals surface area (Å²) in [5.41, 5.74) is 3.56. The highest BCUT2D eigenvalue weighted by Gasteiger charge is 2.14. The molecule has 0 bridgehead atoms. The van der Waals surface area contributed by atoms with Crippen LogP contribution >= 0.6 is 0 Å².